The third-order valence-electron chi connectivity index (χ3n) is 6.47. The maximum atomic E-state index is 12.9. The number of anilines is 1. The molecule has 0 radical (unpaired) electrons. The first kappa shape index (κ1) is 18.6. The van der Waals surface area contributed by atoms with E-state index in [9.17, 15) is 14.4 Å². The van der Waals surface area contributed by atoms with Crippen molar-refractivity contribution in [1.29, 1.82) is 0 Å². The van der Waals surface area contributed by atoms with Crippen LogP contribution in [0.4, 0.5) is 5.69 Å². The van der Waals surface area contributed by atoms with Crippen molar-refractivity contribution in [1.82, 2.24) is 4.90 Å². The van der Waals surface area contributed by atoms with Gasteiger partial charge in [-0.3, -0.25) is 9.59 Å². The highest BCUT2D eigenvalue weighted by Crippen LogP contribution is 2.59. The Morgan fingerprint density at radius 1 is 1.00 bits per heavy atom. The Balaban J connectivity index is 1.24. The van der Waals surface area contributed by atoms with Crippen LogP contribution in [0.2, 0.25) is 0 Å². The van der Waals surface area contributed by atoms with Gasteiger partial charge in [-0.15, -0.1) is 0 Å². The van der Waals surface area contributed by atoms with Crippen molar-refractivity contribution < 1.29 is 14.0 Å². The second-order valence-electron chi connectivity index (χ2n) is 8.25. The van der Waals surface area contributed by atoms with Gasteiger partial charge in [0.1, 0.15) is 11.1 Å². The number of amides is 2. The molecule has 30 heavy (non-hydrogen) atoms. The first-order valence-corrected chi connectivity index (χ1v) is 10.2. The fraction of sp³-hybridized carbons (Fsp3) is 0.292. The maximum Gasteiger partial charge on any atom is 0.349 e. The first-order valence-electron chi connectivity index (χ1n) is 10.2. The summed E-state index contributed by atoms with van der Waals surface area (Å²) in [5.74, 6) is -0.257. The summed E-state index contributed by atoms with van der Waals surface area (Å²) < 4.78 is 5.31. The number of likely N-dealkylation sites (tertiary alicyclic amines) is 1. The number of nitrogens with zero attached hydrogens (tertiary/aromatic N) is 1. The fourth-order valence-corrected chi connectivity index (χ4v) is 4.56. The van der Waals surface area contributed by atoms with Gasteiger partial charge in [-0.1, -0.05) is 36.4 Å². The van der Waals surface area contributed by atoms with Gasteiger partial charge in [0.05, 0.1) is 0 Å². The van der Waals surface area contributed by atoms with E-state index in [-0.39, 0.29) is 28.7 Å². The molecule has 5 rings (SSSR count). The molecule has 3 aromatic rings. The monoisotopic (exact) mass is 402 g/mol. The predicted molar refractivity (Wildman–Crippen MR) is 113 cm³/mol. The highest BCUT2D eigenvalue weighted by atomic mass is 16.4. The second kappa shape index (κ2) is 7.13. The summed E-state index contributed by atoms with van der Waals surface area (Å²) in [5.41, 5.74) is 0.718. The van der Waals surface area contributed by atoms with E-state index in [2.05, 4.69) is 5.32 Å². The SMILES string of the molecule is O=C(Nc1ccccc1)C1CC12CCN(C(=O)c1cc3ccccc3oc1=O)CC2. The van der Waals surface area contributed by atoms with Crippen molar-refractivity contribution in [2.24, 2.45) is 11.3 Å². The van der Waals surface area contributed by atoms with E-state index < -0.39 is 5.63 Å². The normalized spacial score (nSPS) is 19.6. The quantitative estimate of drug-likeness (QED) is 0.678. The number of benzene rings is 2. The smallest absolute Gasteiger partial charge is 0.349 e. The Labute approximate surface area is 173 Å². The number of nitrogens with one attached hydrogen (secondary N) is 1. The van der Waals surface area contributed by atoms with E-state index >= 15 is 0 Å². The van der Waals surface area contributed by atoms with E-state index in [1.54, 1.807) is 23.1 Å². The average molecular weight is 402 g/mol. The molecule has 1 N–H and O–H groups in total. The van der Waals surface area contributed by atoms with Gasteiger partial charge in [0.2, 0.25) is 5.91 Å². The van der Waals surface area contributed by atoms with Crippen LogP contribution < -0.4 is 10.9 Å². The van der Waals surface area contributed by atoms with Gasteiger partial charge in [0.15, 0.2) is 0 Å². The first-order chi connectivity index (χ1) is 14.6. The molecular weight excluding hydrogens is 380 g/mol. The van der Waals surface area contributed by atoms with Crippen molar-refractivity contribution in [3.05, 3.63) is 76.6 Å². The van der Waals surface area contributed by atoms with Crippen LogP contribution in [0.3, 0.4) is 0 Å². The lowest BCUT2D eigenvalue weighted by Gasteiger charge is -2.32. The highest BCUT2D eigenvalue weighted by molar-refractivity contribution is 5.97. The number of hydrogen-bond acceptors (Lipinski definition) is 4. The molecule has 1 spiro atoms. The van der Waals surface area contributed by atoms with Crippen molar-refractivity contribution in [3.63, 3.8) is 0 Å². The molecule has 1 saturated heterocycles. The van der Waals surface area contributed by atoms with E-state index in [4.69, 9.17) is 4.42 Å². The summed E-state index contributed by atoms with van der Waals surface area (Å²) in [6, 6.07) is 18.2. The summed E-state index contributed by atoms with van der Waals surface area (Å²) in [5, 5.41) is 3.72. The summed E-state index contributed by atoms with van der Waals surface area (Å²) in [7, 11) is 0. The minimum atomic E-state index is -0.606. The highest BCUT2D eigenvalue weighted by Gasteiger charge is 2.58. The van der Waals surface area contributed by atoms with Crippen LogP contribution in [-0.4, -0.2) is 29.8 Å². The molecule has 1 saturated carbocycles. The van der Waals surface area contributed by atoms with Crippen molar-refractivity contribution >= 4 is 28.5 Å². The molecular formula is C24H22N2O4. The molecule has 2 heterocycles. The number of piperidine rings is 1. The maximum absolute atomic E-state index is 12.9. The van der Waals surface area contributed by atoms with E-state index in [1.165, 1.54) is 0 Å². The summed E-state index contributed by atoms with van der Waals surface area (Å²) in [6.07, 6.45) is 2.39. The van der Waals surface area contributed by atoms with Gasteiger partial charge in [-0.05, 0) is 48.9 Å². The standard InChI is InChI=1S/C24H22N2O4/c27-21(25-17-7-2-1-3-8-17)19-15-24(19)10-12-26(13-11-24)22(28)18-14-16-6-4-5-9-20(16)30-23(18)29/h1-9,14,19H,10-13,15H2,(H,25,27). The Kier molecular flexibility index (Phi) is 4.42. The van der Waals surface area contributed by atoms with E-state index in [0.29, 0.717) is 18.7 Å². The summed E-state index contributed by atoms with van der Waals surface area (Å²) >= 11 is 0. The molecule has 6 heteroatoms. The molecule has 0 bridgehead atoms. The lowest BCUT2D eigenvalue weighted by atomic mass is 9.90. The molecule has 2 amide bonds. The van der Waals surface area contributed by atoms with Gasteiger partial charge in [0, 0.05) is 30.1 Å². The zero-order valence-electron chi connectivity index (χ0n) is 16.5. The van der Waals surface area contributed by atoms with Crippen LogP contribution in [0.5, 0.6) is 0 Å². The second-order valence-corrected chi connectivity index (χ2v) is 8.25. The van der Waals surface area contributed by atoms with E-state index in [0.717, 1.165) is 30.3 Å². The number of rotatable bonds is 3. The molecule has 1 aliphatic carbocycles. The Morgan fingerprint density at radius 3 is 2.47 bits per heavy atom. The van der Waals surface area contributed by atoms with Crippen LogP contribution in [0.25, 0.3) is 11.0 Å². The molecule has 2 aliphatic rings. The van der Waals surface area contributed by atoms with Crippen LogP contribution in [0.1, 0.15) is 29.6 Å². The number of carbonyl (C=O) groups excluding carboxylic acids is 2. The van der Waals surface area contributed by atoms with Crippen molar-refractivity contribution in [2.45, 2.75) is 19.3 Å². The van der Waals surface area contributed by atoms with Gasteiger partial charge < -0.3 is 14.6 Å². The Hall–Kier alpha value is -3.41. The molecule has 2 aromatic carbocycles. The van der Waals surface area contributed by atoms with Gasteiger partial charge in [0.25, 0.3) is 5.91 Å². The van der Waals surface area contributed by atoms with Crippen LogP contribution >= 0.6 is 0 Å². The van der Waals surface area contributed by atoms with Gasteiger partial charge >= 0.3 is 5.63 Å². The molecule has 2 fully saturated rings. The largest absolute Gasteiger partial charge is 0.422 e. The van der Waals surface area contributed by atoms with Crippen molar-refractivity contribution in [2.75, 3.05) is 18.4 Å². The minimum Gasteiger partial charge on any atom is -0.422 e. The lowest BCUT2D eigenvalue weighted by molar-refractivity contribution is -0.118. The summed E-state index contributed by atoms with van der Waals surface area (Å²) in [6.45, 7) is 1.08. The predicted octanol–water partition coefficient (Wildman–Crippen LogP) is 3.67. The molecule has 1 aromatic heterocycles. The fourth-order valence-electron chi connectivity index (χ4n) is 4.56. The number of hydrogen-bond donors (Lipinski definition) is 1. The topological polar surface area (TPSA) is 79.6 Å². The van der Waals surface area contributed by atoms with Crippen LogP contribution in [-0.2, 0) is 4.79 Å². The molecule has 1 unspecified atom stereocenters. The van der Waals surface area contributed by atoms with Crippen molar-refractivity contribution in [3.8, 4) is 0 Å². The third-order valence-corrected chi connectivity index (χ3v) is 6.47. The number of carbonyl (C=O) groups is 2. The molecule has 6 nitrogen and oxygen atoms in total. The molecule has 152 valence electrons. The average Bonchev–Trinajstić information content (AvgIpc) is 3.47. The minimum absolute atomic E-state index is 0.0132. The Morgan fingerprint density at radius 2 is 1.70 bits per heavy atom. The molecule has 1 aliphatic heterocycles. The zero-order chi connectivity index (χ0) is 20.7. The van der Waals surface area contributed by atoms with Gasteiger partial charge in [-0.25, -0.2) is 4.79 Å². The third kappa shape index (κ3) is 3.28. The lowest BCUT2D eigenvalue weighted by Crippen LogP contribution is -2.41. The van der Waals surface area contributed by atoms with Crippen LogP contribution in [0.15, 0.2) is 69.9 Å². The van der Waals surface area contributed by atoms with E-state index in [1.807, 2.05) is 42.5 Å². The molecule has 1 atom stereocenters. The number of fused-ring (bicyclic) bond motifs is 1. The number of para-hydroxylation sites is 2. The zero-order valence-corrected chi connectivity index (χ0v) is 16.5. The van der Waals surface area contributed by atoms with Crippen LogP contribution in [0, 0.1) is 11.3 Å². The van der Waals surface area contributed by atoms with Gasteiger partial charge in [-0.2, -0.15) is 0 Å². The Bertz CT molecular complexity index is 1180. The summed E-state index contributed by atoms with van der Waals surface area (Å²) in [4.78, 5) is 39.6.